The first-order valence-electron chi connectivity index (χ1n) is 10.3. The topological polar surface area (TPSA) is 99.0 Å². The molecule has 154 valence electrons. The van der Waals surface area contributed by atoms with Gasteiger partial charge in [0.2, 0.25) is 0 Å². The summed E-state index contributed by atoms with van der Waals surface area (Å²) in [6.45, 7) is 4.73. The van der Waals surface area contributed by atoms with E-state index in [0.29, 0.717) is 31.3 Å². The van der Waals surface area contributed by atoms with Crippen molar-refractivity contribution in [2.45, 2.75) is 77.4 Å². The molecule has 0 saturated heterocycles. The molecule has 0 aromatic carbocycles. The third-order valence-electron chi connectivity index (χ3n) is 6.01. The fourth-order valence-electron chi connectivity index (χ4n) is 4.10. The van der Waals surface area contributed by atoms with Gasteiger partial charge in [0.1, 0.15) is 0 Å². The Morgan fingerprint density at radius 3 is 2.70 bits per heavy atom. The molecular weight excluding hydrogens is 346 g/mol. The molecule has 1 saturated carbocycles. The molecule has 0 aromatic heterocycles. The molecule has 4 N–H and O–H groups in total. The lowest BCUT2D eigenvalue weighted by molar-refractivity contribution is -0.137. The monoisotopic (exact) mass is 381 g/mol. The highest BCUT2D eigenvalue weighted by atomic mass is 16.6. The Labute approximate surface area is 162 Å². The number of carboxylic acid groups (broad SMARTS) is 1. The Bertz CT molecular complexity index is 541. The SMILES string of the molecule is CCC(CC)CCC(O)C=CC1C(O)CC2=C(NOCCCC(=O)O)C[C@H]21. The number of rotatable bonds is 13. The second kappa shape index (κ2) is 10.8. The number of fused-ring (bicyclic) bond motifs is 1. The van der Waals surface area contributed by atoms with Crippen LogP contribution in [0.2, 0.25) is 0 Å². The van der Waals surface area contributed by atoms with Crippen molar-refractivity contribution in [2.24, 2.45) is 17.8 Å². The van der Waals surface area contributed by atoms with Crippen molar-refractivity contribution in [1.82, 2.24) is 5.48 Å². The summed E-state index contributed by atoms with van der Waals surface area (Å²) in [5, 5.41) is 29.2. The molecule has 0 amide bonds. The zero-order valence-corrected chi connectivity index (χ0v) is 16.6. The fourth-order valence-corrected chi connectivity index (χ4v) is 4.10. The number of aliphatic hydroxyl groups is 2. The summed E-state index contributed by atoms with van der Waals surface area (Å²) in [4.78, 5) is 15.8. The molecule has 1 fully saturated rings. The largest absolute Gasteiger partial charge is 0.481 e. The van der Waals surface area contributed by atoms with Gasteiger partial charge in [0.15, 0.2) is 0 Å². The van der Waals surface area contributed by atoms with E-state index >= 15 is 0 Å². The van der Waals surface area contributed by atoms with Gasteiger partial charge in [-0.3, -0.25) is 15.1 Å². The molecule has 6 heteroatoms. The van der Waals surface area contributed by atoms with Crippen LogP contribution in [0.1, 0.15) is 65.2 Å². The van der Waals surface area contributed by atoms with Crippen molar-refractivity contribution in [3.8, 4) is 0 Å². The minimum absolute atomic E-state index is 0.0559. The number of aliphatic carboxylic acids is 1. The molecule has 0 radical (unpaired) electrons. The first-order valence-corrected chi connectivity index (χ1v) is 10.3. The molecule has 4 atom stereocenters. The summed E-state index contributed by atoms with van der Waals surface area (Å²) in [6, 6.07) is 0. The van der Waals surface area contributed by atoms with E-state index in [1.807, 2.05) is 12.2 Å². The maximum absolute atomic E-state index is 10.5. The van der Waals surface area contributed by atoms with Crippen molar-refractivity contribution in [2.75, 3.05) is 6.61 Å². The van der Waals surface area contributed by atoms with Crippen LogP contribution in [0, 0.1) is 17.8 Å². The van der Waals surface area contributed by atoms with Crippen LogP contribution in [0.25, 0.3) is 0 Å². The van der Waals surface area contributed by atoms with E-state index in [1.165, 1.54) is 5.57 Å². The van der Waals surface area contributed by atoms with Crippen LogP contribution in [-0.2, 0) is 9.63 Å². The Balaban J connectivity index is 1.75. The van der Waals surface area contributed by atoms with Crippen LogP contribution < -0.4 is 5.48 Å². The zero-order chi connectivity index (χ0) is 19.8. The molecule has 27 heavy (non-hydrogen) atoms. The molecule has 2 aliphatic rings. The normalized spacial score (nSPS) is 25.7. The lowest BCUT2D eigenvalue weighted by Crippen LogP contribution is -2.29. The van der Waals surface area contributed by atoms with Crippen LogP contribution in [0.4, 0.5) is 0 Å². The van der Waals surface area contributed by atoms with Crippen LogP contribution in [0.5, 0.6) is 0 Å². The first kappa shape index (κ1) is 21.9. The number of hydroxylamine groups is 1. The van der Waals surface area contributed by atoms with Gasteiger partial charge in [0.25, 0.3) is 0 Å². The van der Waals surface area contributed by atoms with Crippen molar-refractivity contribution in [3.63, 3.8) is 0 Å². The minimum atomic E-state index is -0.819. The number of carbonyl (C=O) groups is 1. The maximum atomic E-state index is 10.5. The van der Waals surface area contributed by atoms with E-state index in [0.717, 1.165) is 37.8 Å². The minimum Gasteiger partial charge on any atom is -0.481 e. The Hall–Kier alpha value is -1.37. The van der Waals surface area contributed by atoms with Gasteiger partial charge >= 0.3 is 5.97 Å². The van der Waals surface area contributed by atoms with Gasteiger partial charge in [-0.15, -0.1) is 0 Å². The van der Waals surface area contributed by atoms with E-state index in [9.17, 15) is 15.0 Å². The van der Waals surface area contributed by atoms with Gasteiger partial charge in [0.05, 0.1) is 18.8 Å². The predicted molar refractivity (Wildman–Crippen MR) is 104 cm³/mol. The number of carboxylic acids is 1. The van der Waals surface area contributed by atoms with E-state index in [1.54, 1.807) is 0 Å². The number of hydrogen-bond acceptors (Lipinski definition) is 5. The van der Waals surface area contributed by atoms with Crippen LogP contribution >= 0.6 is 0 Å². The van der Waals surface area contributed by atoms with Crippen LogP contribution in [0.15, 0.2) is 23.4 Å². The Kier molecular flexibility index (Phi) is 8.80. The molecule has 0 heterocycles. The summed E-state index contributed by atoms with van der Waals surface area (Å²) >= 11 is 0. The van der Waals surface area contributed by atoms with E-state index < -0.39 is 18.2 Å². The third kappa shape index (κ3) is 6.33. The van der Waals surface area contributed by atoms with Gasteiger partial charge in [-0.2, -0.15) is 0 Å². The van der Waals surface area contributed by atoms with E-state index in [4.69, 9.17) is 9.94 Å². The van der Waals surface area contributed by atoms with Crippen LogP contribution in [0.3, 0.4) is 0 Å². The van der Waals surface area contributed by atoms with Gasteiger partial charge in [-0.1, -0.05) is 38.8 Å². The zero-order valence-electron chi connectivity index (χ0n) is 16.6. The molecule has 3 unspecified atom stereocenters. The van der Waals surface area contributed by atoms with Crippen molar-refractivity contribution in [1.29, 1.82) is 0 Å². The van der Waals surface area contributed by atoms with E-state index in [2.05, 4.69) is 19.3 Å². The molecule has 0 bridgehead atoms. The summed E-state index contributed by atoms with van der Waals surface area (Å²) in [5.41, 5.74) is 5.13. The molecule has 2 aliphatic carbocycles. The number of hydrogen-bond donors (Lipinski definition) is 4. The smallest absolute Gasteiger partial charge is 0.303 e. The Morgan fingerprint density at radius 2 is 2.04 bits per heavy atom. The lowest BCUT2D eigenvalue weighted by atomic mass is 9.79. The fraction of sp³-hybridized carbons (Fsp3) is 0.762. The summed E-state index contributed by atoms with van der Waals surface area (Å²) < 4.78 is 0. The highest BCUT2D eigenvalue weighted by Crippen LogP contribution is 2.49. The molecule has 0 aliphatic heterocycles. The molecule has 0 aromatic rings. The predicted octanol–water partition coefficient (Wildman–Crippen LogP) is 3.16. The average molecular weight is 382 g/mol. The van der Waals surface area contributed by atoms with Gasteiger partial charge in [0, 0.05) is 18.0 Å². The van der Waals surface area contributed by atoms with E-state index in [-0.39, 0.29) is 12.3 Å². The van der Waals surface area contributed by atoms with Crippen molar-refractivity contribution >= 4 is 5.97 Å². The van der Waals surface area contributed by atoms with Gasteiger partial charge < -0.3 is 15.3 Å². The van der Waals surface area contributed by atoms with Gasteiger partial charge in [-0.05, 0) is 49.5 Å². The molecular formula is C21H35NO5. The number of aliphatic hydroxyl groups excluding tert-OH is 2. The summed E-state index contributed by atoms with van der Waals surface area (Å²) in [5.74, 6) is 0.225. The van der Waals surface area contributed by atoms with Crippen molar-refractivity contribution in [3.05, 3.63) is 23.4 Å². The molecule has 0 spiro atoms. The molecule has 2 rings (SSSR count). The molecule has 6 nitrogen and oxygen atoms in total. The quantitative estimate of drug-likeness (QED) is 0.222. The second-order valence-corrected chi connectivity index (χ2v) is 7.82. The highest BCUT2D eigenvalue weighted by molar-refractivity contribution is 5.66. The maximum Gasteiger partial charge on any atom is 0.303 e. The summed E-state index contributed by atoms with van der Waals surface area (Å²) in [6.07, 6.45) is 9.12. The first-order chi connectivity index (χ1) is 13.0. The van der Waals surface area contributed by atoms with Gasteiger partial charge in [-0.25, -0.2) is 0 Å². The number of allylic oxidation sites excluding steroid dienone is 1. The van der Waals surface area contributed by atoms with Crippen molar-refractivity contribution < 1.29 is 25.0 Å². The number of nitrogens with one attached hydrogen (secondary N) is 1. The second-order valence-electron chi connectivity index (χ2n) is 7.82. The highest BCUT2D eigenvalue weighted by Gasteiger charge is 2.44. The average Bonchev–Trinajstić information content (AvgIpc) is 2.87. The summed E-state index contributed by atoms with van der Waals surface area (Å²) in [7, 11) is 0. The third-order valence-corrected chi connectivity index (χ3v) is 6.01. The van der Waals surface area contributed by atoms with Crippen LogP contribution in [-0.4, -0.2) is 40.1 Å². The standard InChI is InChI=1S/C21H35NO5/c1-3-14(4-2)7-8-15(23)9-10-16-17-12-19(18(17)13-20(16)24)22-27-11-5-6-21(25)26/h9-10,14-17,20,22-24H,3-8,11-13H2,1-2H3,(H,25,26)/t15?,16?,17-,20?/m0/s1. The Morgan fingerprint density at radius 1 is 1.30 bits per heavy atom. The lowest BCUT2D eigenvalue weighted by Gasteiger charge is -2.31.